The van der Waals surface area contributed by atoms with Gasteiger partial charge in [0.2, 0.25) is 0 Å². The minimum Gasteiger partial charge on any atom is -0.492 e. The van der Waals surface area contributed by atoms with Crippen LogP contribution >= 0.6 is 0 Å². The number of carbonyl (C=O) groups excluding carboxylic acids is 1. The Morgan fingerprint density at radius 3 is 2.58 bits per heavy atom. The number of nitrogens with zero attached hydrogens (tertiary/aromatic N) is 3. The molecular weight excluding hydrogens is 330 g/mol. The molecule has 1 fully saturated rings. The predicted molar refractivity (Wildman–Crippen MR) is 101 cm³/mol. The monoisotopic (exact) mass is 357 g/mol. The van der Waals surface area contributed by atoms with Crippen LogP contribution in [0.1, 0.15) is 48.5 Å². The Kier molecular flexibility index (Phi) is 5.49. The van der Waals surface area contributed by atoms with Gasteiger partial charge in [0.1, 0.15) is 11.3 Å². The first-order chi connectivity index (χ1) is 12.5. The first-order valence-electron chi connectivity index (χ1n) is 9.25. The summed E-state index contributed by atoms with van der Waals surface area (Å²) in [5.74, 6) is 1.73. The Morgan fingerprint density at radius 2 is 1.92 bits per heavy atom. The Bertz CT molecular complexity index is 761. The fourth-order valence-electron chi connectivity index (χ4n) is 3.35. The summed E-state index contributed by atoms with van der Waals surface area (Å²) in [6.45, 7) is 11.4. The molecular formula is C20H27N3O3. The molecule has 0 saturated carbocycles. The zero-order valence-electron chi connectivity index (χ0n) is 16.0. The standard InChI is InChI=1S/C20H27N3O3/c1-5-25-17-9-7-6-8-16(17)22-10-12-23(13-11-22)20(24)18-15(4)21-26-19(18)14(2)3/h6-9,14H,5,10-13H2,1-4H3. The van der Waals surface area contributed by atoms with E-state index in [0.717, 1.165) is 24.5 Å². The average Bonchev–Trinajstić information content (AvgIpc) is 3.04. The highest BCUT2D eigenvalue weighted by molar-refractivity contribution is 5.96. The second-order valence-corrected chi connectivity index (χ2v) is 6.84. The molecule has 2 heterocycles. The summed E-state index contributed by atoms with van der Waals surface area (Å²) in [6.07, 6.45) is 0. The number of aromatic nitrogens is 1. The summed E-state index contributed by atoms with van der Waals surface area (Å²) in [5.41, 5.74) is 2.39. The highest BCUT2D eigenvalue weighted by atomic mass is 16.5. The van der Waals surface area contributed by atoms with E-state index >= 15 is 0 Å². The SMILES string of the molecule is CCOc1ccccc1N1CCN(C(=O)c2c(C)noc2C(C)C)CC1. The smallest absolute Gasteiger partial charge is 0.259 e. The number of piperazine rings is 1. The molecule has 0 N–H and O–H groups in total. The van der Waals surface area contributed by atoms with Crippen LogP contribution in [0, 0.1) is 6.92 Å². The summed E-state index contributed by atoms with van der Waals surface area (Å²) in [6, 6.07) is 8.07. The number of hydrogen-bond donors (Lipinski definition) is 0. The molecule has 1 aliphatic heterocycles. The van der Waals surface area contributed by atoms with E-state index in [1.54, 1.807) is 0 Å². The highest BCUT2D eigenvalue weighted by Gasteiger charge is 2.29. The van der Waals surface area contributed by atoms with Crippen LogP contribution in [0.15, 0.2) is 28.8 Å². The number of aryl methyl sites for hydroxylation is 1. The van der Waals surface area contributed by atoms with Gasteiger partial charge in [-0.15, -0.1) is 0 Å². The van der Waals surface area contributed by atoms with Crippen molar-refractivity contribution in [1.29, 1.82) is 0 Å². The van der Waals surface area contributed by atoms with Crippen molar-refractivity contribution in [2.45, 2.75) is 33.6 Å². The minimum absolute atomic E-state index is 0.0187. The molecule has 1 amide bonds. The Labute approximate surface area is 154 Å². The van der Waals surface area contributed by atoms with Crippen molar-refractivity contribution in [1.82, 2.24) is 10.1 Å². The van der Waals surface area contributed by atoms with Crippen LogP contribution in [-0.2, 0) is 0 Å². The number of hydrogen-bond acceptors (Lipinski definition) is 5. The van der Waals surface area contributed by atoms with Gasteiger partial charge in [-0.05, 0) is 26.0 Å². The van der Waals surface area contributed by atoms with Gasteiger partial charge in [-0.25, -0.2) is 0 Å². The van der Waals surface area contributed by atoms with Crippen molar-refractivity contribution < 1.29 is 14.1 Å². The van der Waals surface area contributed by atoms with Crippen molar-refractivity contribution in [2.75, 3.05) is 37.7 Å². The van der Waals surface area contributed by atoms with Gasteiger partial charge in [0, 0.05) is 32.1 Å². The molecule has 0 radical (unpaired) electrons. The average molecular weight is 357 g/mol. The predicted octanol–water partition coefficient (Wildman–Crippen LogP) is 3.47. The first kappa shape index (κ1) is 18.3. The molecule has 1 aromatic carbocycles. The zero-order valence-corrected chi connectivity index (χ0v) is 16.0. The van der Waals surface area contributed by atoms with Gasteiger partial charge in [-0.1, -0.05) is 31.1 Å². The van der Waals surface area contributed by atoms with E-state index in [-0.39, 0.29) is 11.8 Å². The van der Waals surface area contributed by atoms with Crippen molar-refractivity contribution in [3.05, 3.63) is 41.3 Å². The number of ether oxygens (including phenoxy) is 1. The van der Waals surface area contributed by atoms with Crippen molar-refractivity contribution in [2.24, 2.45) is 0 Å². The fraction of sp³-hybridized carbons (Fsp3) is 0.500. The third-order valence-electron chi connectivity index (χ3n) is 4.70. The third-order valence-corrected chi connectivity index (χ3v) is 4.70. The van der Waals surface area contributed by atoms with E-state index in [2.05, 4.69) is 16.1 Å². The van der Waals surface area contributed by atoms with E-state index < -0.39 is 0 Å². The van der Waals surface area contributed by atoms with Crippen LogP contribution < -0.4 is 9.64 Å². The first-order valence-corrected chi connectivity index (χ1v) is 9.25. The maximum Gasteiger partial charge on any atom is 0.259 e. The molecule has 3 rings (SSSR count). The third kappa shape index (κ3) is 3.54. The number of anilines is 1. The van der Waals surface area contributed by atoms with Crippen molar-refractivity contribution >= 4 is 11.6 Å². The second-order valence-electron chi connectivity index (χ2n) is 6.84. The Balaban J connectivity index is 1.71. The number of benzene rings is 1. The minimum atomic E-state index is 0.0187. The van der Waals surface area contributed by atoms with Gasteiger partial charge >= 0.3 is 0 Å². The normalized spacial score (nSPS) is 14.8. The maximum absolute atomic E-state index is 13.0. The summed E-state index contributed by atoms with van der Waals surface area (Å²) in [4.78, 5) is 17.2. The molecule has 0 atom stereocenters. The largest absolute Gasteiger partial charge is 0.492 e. The van der Waals surface area contributed by atoms with Crippen LogP contribution in [0.3, 0.4) is 0 Å². The van der Waals surface area contributed by atoms with E-state index in [0.29, 0.717) is 36.7 Å². The van der Waals surface area contributed by atoms with E-state index in [1.165, 1.54) is 0 Å². The van der Waals surface area contributed by atoms with Gasteiger partial charge in [0.15, 0.2) is 5.76 Å². The molecule has 1 aromatic heterocycles. The molecule has 0 bridgehead atoms. The lowest BCUT2D eigenvalue weighted by atomic mass is 10.0. The molecule has 6 heteroatoms. The number of para-hydroxylation sites is 2. The quantitative estimate of drug-likeness (QED) is 0.820. The summed E-state index contributed by atoms with van der Waals surface area (Å²) in [5, 5.41) is 4.00. The van der Waals surface area contributed by atoms with Crippen LogP contribution in [0.25, 0.3) is 0 Å². The van der Waals surface area contributed by atoms with E-state index in [4.69, 9.17) is 9.26 Å². The van der Waals surface area contributed by atoms with E-state index in [1.807, 2.05) is 50.8 Å². The molecule has 2 aromatic rings. The van der Waals surface area contributed by atoms with Crippen LogP contribution in [0.5, 0.6) is 5.75 Å². The Morgan fingerprint density at radius 1 is 1.23 bits per heavy atom. The molecule has 0 spiro atoms. The molecule has 1 aliphatic rings. The second kappa shape index (κ2) is 7.81. The molecule has 140 valence electrons. The number of rotatable bonds is 5. The topological polar surface area (TPSA) is 58.8 Å². The molecule has 6 nitrogen and oxygen atoms in total. The summed E-state index contributed by atoms with van der Waals surface area (Å²) in [7, 11) is 0. The number of amides is 1. The number of carbonyl (C=O) groups is 1. The van der Waals surface area contributed by atoms with E-state index in [9.17, 15) is 4.79 Å². The maximum atomic E-state index is 13.0. The van der Waals surface area contributed by atoms with Gasteiger partial charge in [-0.3, -0.25) is 4.79 Å². The van der Waals surface area contributed by atoms with Crippen LogP contribution in [-0.4, -0.2) is 48.7 Å². The fourth-order valence-corrected chi connectivity index (χ4v) is 3.35. The zero-order chi connectivity index (χ0) is 18.7. The van der Waals surface area contributed by atoms with Crippen molar-refractivity contribution in [3.8, 4) is 5.75 Å². The highest BCUT2D eigenvalue weighted by Crippen LogP contribution is 2.29. The lowest BCUT2D eigenvalue weighted by molar-refractivity contribution is 0.0743. The van der Waals surface area contributed by atoms with Crippen LogP contribution in [0.4, 0.5) is 5.69 Å². The molecule has 1 saturated heterocycles. The molecule has 0 unspecified atom stereocenters. The van der Waals surface area contributed by atoms with Crippen molar-refractivity contribution in [3.63, 3.8) is 0 Å². The van der Waals surface area contributed by atoms with Gasteiger partial charge < -0.3 is 19.1 Å². The molecule has 0 aliphatic carbocycles. The van der Waals surface area contributed by atoms with Gasteiger partial charge in [0.25, 0.3) is 5.91 Å². The summed E-state index contributed by atoms with van der Waals surface area (Å²) >= 11 is 0. The summed E-state index contributed by atoms with van der Waals surface area (Å²) < 4.78 is 11.1. The molecule has 26 heavy (non-hydrogen) atoms. The Hall–Kier alpha value is -2.50. The lowest BCUT2D eigenvalue weighted by Gasteiger charge is -2.36. The van der Waals surface area contributed by atoms with Crippen LogP contribution in [0.2, 0.25) is 0 Å². The van der Waals surface area contributed by atoms with Gasteiger partial charge in [0.05, 0.1) is 18.0 Å². The van der Waals surface area contributed by atoms with Gasteiger partial charge in [-0.2, -0.15) is 0 Å². The lowest BCUT2D eigenvalue weighted by Crippen LogP contribution is -2.49.